The lowest BCUT2D eigenvalue weighted by Gasteiger charge is -2.43. The Bertz CT molecular complexity index is 1920. The van der Waals surface area contributed by atoms with Crippen LogP contribution in [0.3, 0.4) is 0 Å². The zero-order valence-corrected chi connectivity index (χ0v) is 27.2. The van der Waals surface area contributed by atoms with Crippen LogP contribution in [0.5, 0.6) is 11.5 Å². The highest BCUT2D eigenvalue weighted by atomic mass is 16.5. The quantitative estimate of drug-likeness (QED) is 0.112. The number of imide groups is 1. The summed E-state index contributed by atoms with van der Waals surface area (Å²) in [5, 5.41) is 40.5. The number of benzene rings is 3. The van der Waals surface area contributed by atoms with Crippen LogP contribution in [0.1, 0.15) is 30.5 Å². The van der Waals surface area contributed by atoms with Gasteiger partial charge in [0, 0.05) is 6.20 Å². The smallest absolute Gasteiger partial charge is 0.488 e. The number of phenolic OH excluding ortho intramolecular Hbond substituents is 1. The van der Waals surface area contributed by atoms with E-state index in [0.717, 1.165) is 32.9 Å². The molecule has 3 heterocycles. The van der Waals surface area contributed by atoms with Crippen LogP contribution in [0.2, 0.25) is 6.32 Å². The Morgan fingerprint density at radius 3 is 2.48 bits per heavy atom. The molecule has 4 aromatic rings. The fourth-order valence-electron chi connectivity index (χ4n) is 7.55. The van der Waals surface area contributed by atoms with Gasteiger partial charge in [-0.2, -0.15) is 0 Å². The van der Waals surface area contributed by atoms with E-state index in [4.69, 9.17) is 9.39 Å². The molecule has 2 aliphatic heterocycles. The van der Waals surface area contributed by atoms with Crippen molar-refractivity contribution in [1.29, 1.82) is 0 Å². The van der Waals surface area contributed by atoms with Gasteiger partial charge in [0.2, 0.25) is 11.8 Å². The Kier molecular flexibility index (Phi) is 9.69. The minimum atomic E-state index is -1.76. The van der Waals surface area contributed by atoms with E-state index in [-0.39, 0.29) is 48.1 Å². The van der Waals surface area contributed by atoms with E-state index in [1.165, 1.54) is 12.1 Å². The third-order valence-corrected chi connectivity index (χ3v) is 9.79. The fraction of sp³-hybridized carbons (Fsp3) is 0.237. The van der Waals surface area contributed by atoms with E-state index in [9.17, 15) is 29.8 Å². The van der Waals surface area contributed by atoms with Gasteiger partial charge >= 0.3 is 14.2 Å². The molecular formula is C38H36B2N2O8. The number of carbonyl (C=O) groups is 2. The van der Waals surface area contributed by atoms with Gasteiger partial charge < -0.3 is 29.6 Å². The third-order valence-electron chi connectivity index (χ3n) is 9.79. The summed E-state index contributed by atoms with van der Waals surface area (Å²) in [7, 11) is -2.92. The molecule has 2 amide bonds. The average molecular weight is 670 g/mol. The van der Waals surface area contributed by atoms with Gasteiger partial charge in [-0.25, -0.2) is 0 Å². The molecule has 0 saturated carbocycles. The Hall–Kier alpha value is -5.00. The van der Waals surface area contributed by atoms with Crippen LogP contribution in [0.4, 0.5) is 5.69 Å². The van der Waals surface area contributed by atoms with Gasteiger partial charge in [0.1, 0.15) is 18.1 Å². The maximum atomic E-state index is 14.2. The monoisotopic (exact) mass is 670 g/mol. The molecular weight excluding hydrogens is 634 g/mol. The first-order valence-electron chi connectivity index (χ1n) is 16.7. The predicted molar refractivity (Wildman–Crippen MR) is 190 cm³/mol. The average Bonchev–Trinajstić information content (AvgIpc) is 3.39. The lowest BCUT2D eigenvalue weighted by molar-refractivity contribution is -0.122. The Morgan fingerprint density at radius 1 is 0.960 bits per heavy atom. The number of pyridine rings is 1. The third kappa shape index (κ3) is 6.88. The van der Waals surface area contributed by atoms with E-state index in [1.54, 1.807) is 30.5 Å². The number of phenols is 1. The molecule has 0 radical (unpaired) electrons. The molecule has 7 rings (SSSR count). The normalized spacial score (nSPS) is 22.0. The second-order valence-corrected chi connectivity index (χ2v) is 12.9. The lowest BCUT2D eigenvalue weighted by Crippen LogP contribution is -2.46. The number of allylic oxidation sites excluding steroid dienone is 1. The summed E-state index contributed by atoms with van der Waals surface area (Å²) >= 11 is 0. The van der Waals surface area contributed by atoms with Gasteiger partial charge in [-0.1, -0.05) is 48.5 Å². The molecule has 0 unspecified atom stereocenters. The highest BCUT2D eigenvalue weighted by Gasteiger charge is 2.57. The van der Waals surface area contributed by atoms with E-state index >= 15 is 0 Å². The zero-order chi connectivity index (χ0) is 34.8. The first kappa shape index (κ1) is 33.5. The van der Waals surface area contributed by atoms with Crippen LogP contribution in [0.15, 0.2) is 114 Å². The number of carbonyl (C=O) groups excluding carboxylic acids is 2. The van der Waals surface area contributed by atoms with Crippen molar-refractivity contribution in [2.24, 2.45) is 17.8 Å². The summed E-state index contributed by atoms with van der Waals surface area (Å²) < 4.78 is 12.5. The number of hydrogen-bond donors (Lipinski definition) is 4. The lowest BCUT2D eigenvalue weighted by atomic mass is 9.58. The number of ether oxygens (including phenoxy) is 1. The molecule has 4 N–H and O–H groups in total. The molecule has 4 atom stereocenters. The molecule has 12 heteroatoms. The summed E-state index contributed by atoms with van der Waals surface area (Å²) in [6, 6.07) is 28.1. The first-order valence-corrected chi connectivity index (χ1v) is 16.7. The van der Waals surface area contributed by atoms with Crippen LogP contribution in [0, 0.1) is 17.8 Å². The number of rotatable bonds is 10. The second-order valence-electron chi connectivity index (χ2n) is 12.9. The minimum Gasteiger partial charge on any atom is -0.508 e. The van der Waals surface area contributed by atoms with Crippen molar-refractivity contribution in [3.05, 3.63) is 126 Å². The first-order chi connectivity index (χ1) is 24.3. The number of para-hydroxylation sites is 1. The van der Waals surface area contributed by atoms with Gasteiger partial charge in [0.15, 0.2) is 0 Å². The maximum absolute atomic E-state index is 14.2. The summed E-state index contributed by atoms with van der Waals surface area (Å²) in [5.74, 6) is -1.82. The molecule has 2 saturated heterocycles. The number of fused-ring (bicyclic) bond motifs is 3. The highest BCUT2D eigenvalue weighted by Crippen LogP contribution is 2.51. The van der Waals surface area contributed by atoms with Gasteiger partial charge in [-0.3, -0.25) is 19.5 Å². The van der Waals surface area contributed by atoms with Crippen molar-refractivity contribution in [3.8, 4) is 11.5 Å². The van der Waals surface area contributed by atoms with E-state index in [1.807, 2.05) is 66.7 Å². The van der Waals surface area contributed by atoms with Gasteiger partial charge in [-0.15, -0.1) is 0 Å². The summed E-state index contributed by atoms with van der Waals surface area (Å²) in [6.45, 7) is 0.180. The number of nitrogens with zero attached hydrogens (tertiary/aromatic N) is 2. The molecule has 3 aliphatic rings. The van der Waals surface area contributed by atoms with Crippen LogP contribution in [-0.4, -0.2) is 63.9 Å². The van der Waals surface area contributed by atoms with Crippen molar-refractivity contribution in [3.63, 3.8) is 0 Å². The molecule has 50 heavy (non-hydrogen) atoms. The van der Waals surface area contributed by atoms with E-state index in [2.05, 4.69) is 4.98 Å². The van der Waals surface area contributed by atoms with Gasteiger partial charge in [0.05, 0.1) is 29.3 Å². The van der Waals surface area contributed by atoms with E-state index in [0.29, 0.717) is 18.6 Å². The molecule has 1 aliphatic carbocycles. The van der Waals surface area contributed by atoms with Crippen molar-refractivity contribution in [1.82, 2.24) is 4.98 Å². The Morgan fingerprint density at radius 2 is 1.74 bits per heavy atom. The maximum Gasteiger partial charge on any atom is 0.488 e. The van der Waals surface area contributed by atoms with Crippen LogP contribution < -0.4 is 15.1 Å². The second kappa shape index (κ2) is 14.5. The number of amides is 2. The Labute approximate surface area is 290 Å². The number of aromatic hydroxyl groups is 1. The summed E-state index contributed by atoms with van der Waals surface area (Å²) in [4.78, 5) is 34.0. The van der Waals surface area contributed by atoms with Crippen LogP contribution in [0.25, 0.3) is 11.6 Å². The predicted octanol–water partition coefficient (Wildman–Crippen LogP) is 3.87. The fourth-order valence-corrected chi connectivity index (χ4v) is 7.55. The topological polar surface area (TPSA) is 150 Å². The SMILES string of the molecule is O=C1[C@@H]2[C@@H](CC(COc3ccccc3)=C3[C@@H](CC/C(=C/c4ccc(O)cc4)c4ccccn4)OB(O)C[C@@H]32)C(=O)N1c1cccc(B(O)O)c1. The standard InChI is InChI=1S/C38H36B2N2O8/c43-29-15-12-24(13-16-29)19-25(33-11-4-5-18-41-33)14-17-34-35-26(23-49-30-9-2-1-3-10-30)20-31-36(32(35)22-39(46)50-34)38(45)42(37(31)44)28-8-6-7-27(21-28)40(47)48/h1-13,15-16,18-19,21,31-32,34,36,43,46-48H,14,17,20,22-23H2/b25-19-/t31-,32+,34-,36-/m1/s1. The summed E-state index contributed by atoms with van der Waals surface area (Å²) in [6.07, 6.45) is 4.55. The van der Waals surface area contributed by atoms with E-state index < -0.39 is 38.1 Å². The Balaban J connectivity index is 1.24. The van der Waals surface area contributed by atoms with Crippen molar-refractivity contribution >= 4 is 48.9 Å². The number of hydrogen-bond acceptors (Lipinski definition) is 9. The zero-order valence-electron chi connectivity index (χ0n) is 27.2. The minimum absolute atomic E-state index is 0.139. The molecule has 0 bridgehead atoms. The molecule has 252 valence electrons. The highest BCUT2D eigenvalue weighted by molar-refractivity contribution is 6.58. The molecule has 0 spiro atoms. The number of anilines is 1. The number of aromatic nitrogens is 1. The van der Waals surface area contributed by atoms with Crippen LogP contribution >= 0.6 is 0 Å². The van der Waals surface area contributed by atoms with Crippen LogP contribution in [-0.2, 0) is 14.2 Å². The largest absolute Gasteiger partial charge is 0.508 e. The molecule has 10 nitrogen and oxygen atoms in total. The van der Waals surface area contributed by atoms with Crippen molar-refractivity contribution < 1.29 is 39.2 Å². The molecule has 2 fully saturated rings. The van der Waals surface area contributed by atoms with Gasteiger partial charge in [0.25, 0.3) is 0 Å². The molecule has 1 aromatic heterocycles. The summed E-state index contributed by atoms with van der Waals surface area (Å²) in [5.41, 5.74) is 4.77. The molecule has 3 aromatic carbocycles. The van der Waals surface area contributed by atoms with Gasteiger partial charge in [-0.05, 0) is 114 Å². The van der Waals surface area contributed by atoms with Crippen molar-refractivity contribution in [2.75, 3.05) is 11.5 Å². The van der Waals surface area contributed by atoms with Crippen molar-refractivity contribution in [2.45, 2.75) is 31.7 Å².